The third-order valence-corrected chi connectivity index (χ3v) is 5.00. The zero-order valence-electron chi connectivity index (χ0n) is 10.8. The lowest BCUT2D eigenvalue weighted by Crippen LogP contribution is -2.21. The van der Waals surface area contributed by atoms with Gasteiger partial charge in [0.15, 0.2) is 0 Å². The largest absolute Gasteiger partial charge is 0.310 e. The quantitative estimate of drug-likeness (QED) is 0.667. The lowest BCUT2D eigenvalue weighted by Gasteiger charge is -2.19. The van der Waals surface area contributed by atoms with E-state index in [1.165, 1.54) is 11.1 Å². The minimum Gasteiger partial charge on any atom is -0.310 e. The van der Waals surface area contributed by atoms with Crippen molar-refractivity contribution in [1.82, 2.24) is 5.32 Å². The van der Waals surface area contributed by atoms with Crippen LogP contribution in [-0.4, -0.2) is 6.54 Å². The molecule has 0 fully saturated rings. The lowest BCUT2D eigenvalue weighted by molar-refractivity contribution is 0.514. The molecule has 0 spiro atoms. The summed E-state index contributed by atoms with van der Waals surface area (Å²) in [4.78, 5) is 0. The first-order valence-corrected chi connectivity index (χ1v) is 8.93. The van der Waals surface area contributed by atoms with Crippen molar-refractivity contribution in [1.29, 1.82) is 0 Å². The van der Waals surface area contributed by atoms with Crippen molar-refractivity contribution in [2.24, 2.45) is 0 Å². The molecule has 0 saturated carbocycles. The maximum absolute atomic E-state index is 3.67. The van der Waals surface area contributed by atoms with Crippen LogP contribution in [0.5, 0.6) is 0 Å². The molecule has 1 heterocycles. The van der Waals surface area contributed by atoms with Crippen LogP contribution in [0.3, 0.4) is 0 Å². The van der Waals surface area contributed by atoms with Gasteiger partial charge in [0.05, 0.1) is 0 Å². The average molecular weight is 403 g/mol. The molecular weight excluding hydrogens is 386 g/mol. The molecule has 1 unspecified atom stereocenters. The van der Waals surface area contributed by atoms with E-state index in [2.05, 4.69) is 79.1 Å². The highest BCUT2D eigenvalue weighted by Crippen LogP contribution is 2.29. The molecule has 19 heavy (non-hydrogen) atoms. The van der Waals surface area contributed by atoms with Crippen molar-refractivity contribution in [3.05, 3.63) is 55.1 Å². The number of rotatable bonds is 6. The van der Waals surface area contributed by atoms with Crippen LogP contribution in [0.4, 0.5) is 0 Å². The summed E-state index contributed by atoms with van der Waals surface area (Å²) < 4.78 is 2.27. The molecule has 0 bridgehead atoms. The third kappa shape index (κ3) is 4.42. The highest BCUT2D eigenvalue weighted by Gasteiger charge is 2.13. The van der Waals surface area contributed by atoms with Crippen LogP contribution in [-0.2, 0) is 6.42 Å². The van der Waals surface area contributed by atoms with E-state index in [4.69, 9.17) is 0 Å². The van der Waals surface area contributed by atoms with Gasteiger partial charge in [-0.25, -0.2) is 0 Å². The summed E-state index contributed by atoms with van der Waals surface area (Å²) >= 11 is 8.94. The van der Waals surface area contributed by atoms with Gasteiger partial charge in [-0.1, -0.05) is 44.8 Å². The van der Waals surface area contributed by atoms with E-state index in [0.717, 1.165) is 28.3 Å². The van der Waals surface area contributed by atoms with Gasteiger partial charge in [0.1, 0.15) is 0 Å². The highest BCUT2D eigenvalue weighted by atomic mass is 79.9. The van der Waals surface area contributed by atoms with E-state index in [0.29, 0.717) is 6.04 Å². The standard InChI is InChI=1S/C15H17Br2NS/c1-2-18-15(6-3-11-7-8-19-10-11)13-5-4-12(16)9-14(13)17/h4-5,7-10,15,18H,2-3,6H2,1H3. The Morgan fingerprint density at radius 2 is 2.11 bits per heavy atom. The molecule has 1 aromatic heterocycles. The molecule has 1 aromatic carbocycles. The van der Waals surface area contributed by atoms with Crippen LogP contribution >= 0.6 is 43.2 Å². The minimum atomic E-state index is 0.396. The normalized spacial score (nSPS) is 12.6. The van der Waals surface area contributed by atoms with Gasteiger partial charge in [-0.3, -0.25) is 0 Å². The van der Waals surface area contributed by atoms with Gasteiger partial charge in [0.2, 0.25) is 0 Å². The van der Waals surface area contributed by atoms with Gasteiger partial charge >= 0.3 is 0 Å². The molecule has 0 radical (unpaired) electrons. The molecule has 0 amide bonds. The zero-order chi connectivity index (χ0) is 13.7. The van der Waals surface area contributed by atoms with Gasteiger partial charge in [0.25, 0.3) is 0 Å². The van der Waals surface area contributed by atoms with Crippen LogP contribution in [0.1, 0.15) is 30.5 Å². The fourth-order valence-electron chi connectivity index (χ4n) is 2.14. The van der Waals surface area contributed by atoms with Crippen LogP contribution in [0.25, 0.3) is 0 Å². The summed E-state index contributed by atoms with van der Waals surface area (Å²) in [5, 5.41) is 7.96. The average Bonchev–Trinajstić information content (AvgIpc) is 2.88. The maximum Gasteiger partial charge on any atom is 0.0334 e. The second-order valence-electron chi connectivity index (χ2n) is 4.45. The van der Waals surface area contributed by atoms with Gasteiger partial charge in [0, 0.05) is 15.0 Å². The number of benzene rings is 1. The Morgan fingerprint density at radius 3 is 2.74 bits per heavy atom. The predicted molar refractivity (Wildman–Crippen MR) is 90.9 cm³/mol. The van der Waals surface area contributed by atoms with E-state index >= 15 is 0 Å². The minimum absolute atomic E-state index is 0.396. The molecule has 0 aliphatic carbocycles. The molecule has 0 aliphatic rings. The first-order valence-electron chi connectivity index (χ1n) is 6.40. The molecule has 2 rings (SSSR count). The third-order valence-electron chi connectivity index (χ3n) is 3.09. The summed E-state index contributed by atoms with van der Waals surface area (Å²) in [6.45, 7) is 3.14. The number of aryl methyl sites for hydroxylation is 1. The molecule has 4 heteroatoms. The Bertz CT molecular complexity index is 511. The second-order valence-corrected chi connectivity index (χ2v) is 7.00. The summed E-state index contributed by atoms with van der Waals surface area (Å²) in [6.07, 6.45) is 2.23. The first kappa shape index (κ1) is 15.2. The Labute approximate surface area is 135 Å². The molecular formula is C15H17Br2NS. The van der Waals surface area contributed by atoms with Gasteiger partial charge in [-0.2, -0.15) is 11.3 Å². The number of thiophene rings is 1. The lowest BCUT2D eigenvalue weighted by atomic mass is 10.00. The van der Waals surface area contributed by atoms with Crippen molar-refractivity contribution in [3.63, 3.8) is 0 Å². The van der Waals surface area contributed by atoms with Crippen molar-refractivity contribution in [3.8, 4) is 0 Å². The predicted octanol–water partition coefficient (Wildman–Crippen LogP) is 5.56. The summed E-state index contributed by atoms with van der Waals surface area (Å²) in [6, 6.07) is 9.02. The highest BCUT2D eigenvalue weighted by molar-refractivity contribution is 9.11. The van der Waals surface area contributed by atoms with E-state index in [-0.39, 0.29) is 0 Å². The van der Waals surface area contributed by atoms with Crippen molar-refractivity contribution >= 4 is 43.2 Å². The van der Waals surface area contributed by atoms with Crippen LogP contribution in [0.2, 0.25) is 0 Å². The van der Waals surface area contributed by atoms with Gasteiger partial charge < -0.3 is 5.32 Å². The van der Waals surface area contributed by atoms with E-state index in [9.17, 15) is 0 Å². The molecule has 1 N–H and O–H groups in total. The monoisotopic (exact) mass is 401 g/mol. The topological polar surface area (TPSA) is 12.0 Å². The molecule has 102 valence electrons. The molecule has 2 aromatic rings. The van der Waals surface area contributed by atoms with Gasteiger partial charge in [-0.15, -0.1) is 0 Å². The summed E-state index contributed by atoms with van der Waals surface area (Å²) in [5.74, 6) is 0. The number of halogens is 2. The maximum atomic E-state index is 3.67. The number of hydrogen-bond donors (Lipinski definition) is 1. The summed E-state index contributed by atoms with van der Waals surface area (Å²) in [7, 11) is 0. The van der Waals surface area contributed by atoms with E-state index in [1.54, 1.807) is 11.3 Å². The van der Waals surface area contributed by atoms with Crippen LogP contribution in [0.15, 0.2) is 44.0 Å². The summed E-state index contributed by atoms with van der Waals surface area (Å²) in [5.41, 5.74) is 2.77. The Balaban J connectivity index is 2.10. The van der Waals surface area contributed by atoms with Gasteiger partial charge in [-0.05, 0) is 59.5 Å². The Hall–Kier alpha value is -0.160. The molecule has 1 nitrogen and oxygen atoms in total. The van der Waals surface area contributed by atoms with Crippen molar-refractivity contribution < 1.29 is 0 Å². The fraction of sp³-hybridized carbons (Fsp3) is 0.333. The number of nitrogens with one attached hydrogen (secondary N) is 1. The SMILES string of the molecule is CCNC(CCc1ccsc1)c1ccc(Br)cc1Br. The second kappa shape index (κ2) is 7.58. The van der Waals surface area contributed by atoms with Crippen molar-refractivity contribution in [2.45, 2.75) is 25.8 Å². The Morgan fingerprint density at radius 1 is 1.26 bits per heavy atom. The Kier molecular flexibility index (Phi) is 6.07. The van der Waals surface area contributed by atoms with Crippen LogP contribution in [0, 0.1) is 0 Å². The molecule has 1 atom stereocenters. The fourth-order valence-corrected chi connectivity index (χ4v) is 4.17. The molecule has 0 saturated heterocycles. The van der Waals surface area contributed by atoms with Crippen molar-refractivity contribution in [2.75, 3.05) is 6.54 Å². The first-order chi connectivity index (χ1) is 9.20. The smallest absolute Gasteiger partial charge is 0.0334 e. The van der Waals surface area contributed by atoms with Crippen LogP contribution < -0.4 is 5.32 Å². The molecule has 0 aliphatic heterocycles. The van der Waals surface area contributed by atoms with E-state index < -0.39 is 0 Å². The van der Waals surface area contributed by atoms with E-state index in [1.807, 2.05) is 0 Å². The number of hydrogen-bond acceptors (Lipinski definition) is 2. The zero-order valence-corrected chi connectivity index (χ0v) is 14.8.